The minimum atomic E-state index is 0.269. The summed E-state index contributed by atoms with van der Waals surface area (Å²) < 4.78 is 1.51. The molecule has 0 saturated carbocycles. The van der Waals surface area contributed by atoms with Crippen LogP contribution in [0, 0.1) is 0 Å². The van der Waals surface area contributed by atoms with Crippen molar-refractivity contribution in [2.24, 2.45) is 0 Å². The summed E-state index contributed by atoms with van der Waals surface area (Å²) in [6.07, 6.45) is 11.8. The molecule has 0 heterocycles. The van der Waals surface area contributed by atoms with Crippen molar-refractivity contribution < 1.29 is 29.8 Å². The summed E-state index contributed by atoms with van der Waals surface area (Å²) in [5.41, 5.74) is 4.22. The van der Waals surface area contributed by atoms with Crippen LogP contribution in [0.25, 0.3) is 0 Å². The third-order valence-electron chi connectivity index (χ3n) is 2.68. The number of rotatable bonds is 3. The summed E-state index contributed by atoms with van der Waals surface area (Å²) in [4.78, 5) is 0. The van der Waals surface area contributed by atoms with Gasteiger partial charge in [-0.15, -0.1) is 0 Å². The van der Waals surface area contributed by atoms with Gasteiger partial charge in [0.25, 0.3) is 0 Å². The van der Waals surface area contributed by atoms with Gasteiger partial charge in [0.1, 0.15) is 0 Å². The van der Waals surface area contributed by atoms with Crippen LogP contribution in [-0.4, -0.2) is 11.7 Å². The van der Waals surface area contributed by atoms with E-state index in [1.54, 1.807) is 0 Å². The molecule has 0 aromatic heterocycles. The summed E-state index contributed by atoms with van der Waals surface area (Å²) in [6, 6.07) is 0. The molecule has 0 aliphatic heterocycles. The molecular weight excluding hydrogens is 251 g/mol. The fourth-order valence-corrected chi connectivity index (χ4v) is 2.87. The van der Waals surface area contributed by atoms with Crippen LogP contribution in [0.3, 0.4) is 0 Å². The molecule has 2 heteroatoms. The molecule has 0 aromatic carbocycles. The molecule has 1 nitrogen and oxygen atoms in total. The van der Waals surface area contributed by atoms with Gasteiger partial charge in [-0.05, 0) is 0 Å². The molecule has 1 N–H and O–H groups in total. The van der Waals surface area contributed by atoms with Crippen LogP contribution in [0.15, 0.2) is 44.3 Å². The zero-order valence-electron chi connectivity index (χ0n) is 8.09. The first-order chi connectivity index (χ1) is 6.83. The van der Waals surface area contributed by atoms with Gasteiger partial charge in [0.05, 0.1) is 0 Å². The van der Waals surface area contributed by atoms with E-state index in [1.165, 1.54) is 44.7 Å². The van der Waals surface area contributed by atoms with E-state index in [1.807, 2.05) is 0 Å². The molecule has 71 valence electrons. The Kier molecular flexibility index (Phi) is 3.35. The summed E-state index contributed by atoms with van der Waals surface area (Å²) in [5.74, 6) is 0. The summed E-state index contributed by atoms with van der Waals surface area (Å²) in [7, 11) is 0. The molecule has 0 unspecified atom stereocenters. The van der Waals surface area contributed by atoms with E-state index in [-0.39, 0.29) is 6.61 Å². The van der Waals surface area contributed by atoms with E-state index in [2.05, 4.69) is 24.3 Å². The van der Waals surface area contributed by atoms with Crippen LogP contribution in [0.1, 0.15) is 19.3 Å². The second-order valence-corrected chi connectivity index (χ2v) is 5.06. The second kappa shape index (κ2) is 4.55. The number of allylic oxidation sites excluding steroid dienone is 7. The van der Waals surface area contributed by atoms with Crippen LogP contribution in [0.2, 0.25) is 0 Å². The van der Waals surface area contributed by atoms with E-state index >= 15 is 0 Å². The Hall–Kier alpha value is -0.197. The molecule has 0 bridgehead atoms. The average molecular weight is 264 g/mol. The van der Waals surface area contributed by atoms with Gasteiger partial charge >= 0.3 is 100.0 Å². The van der Waals surface area contributed by atoms with Gasteiger partial charge in [-0.25, -0.2) is 0 Å². The molecule has 0 spiro atoms. The van der Waals surface area contributed by atoms with Crippen molar-refractivity contribution in [2.45, 2.75) is 19.3 Å². The predicted molar refractivity (Wildman–Crippen MR) is 53.3 cm³/mol. The van der Waals surface area contributed by atoms with Crippen molar-refractivity contribution in [1.29, 1.82) is 0 Å². The maximum absolute atomic E-state index is 9.02. The molecule has 0 saturated heterocycles. The summed E-state index contributed by atoms with van der Waals surface area (Å²) in [6.45, 7) is 0.269. The molecule has 14 heavy (non-hydrogen) atoms. The Labute approximate surface area is 99.7 Å². The van der Waals surface area contributed by atoms with Crippen molar-refractivity contribution in [3.05, 3.63) is 44.3 Å². The van der Waals surface area contributed by atoms with Crippen molar-refractivity contribution in [1.82, 2.24) is 0 Å². The van der Waals surface area contributed by atoms with Crippen molar-refractivity contribution >= 4 is 0 Å². The Balaban J connectivity index is 2.20. The molecule has 0 aromatic rings. The third kappa shape index (κ3) is 1.92. The molecule has 2 rings (SSSR count). The first kappa shape index (κ1) is 10.3. The van der Waals surface area contributed by atoms with Crippen LogP contribution in [0.4, 0.5) is 0 Å². The van der Waals surface area contributed by atoms with Crippen LogP contribution >= 0.6 is 0 Å². The van der Waals surface area contributed by atoms with Crippen LogP contribution in [0.5, 0.6) is 0 Å². The molecule has 0 atom stereocenters. The van der Waals surface area contributed by atoms with Crippen molar-refractivity contribution in [2.75, 3.05) is 6.61 Å². The molecule has 0 radical (unpaired) electrons. The summed E-state index contributed by atoms with van der Waals surface area (Å²) >= 11 is 1.49. The van der Waals surface area contributed by atoms with E-state index in [0.717, 1.165) is 19.3 Å². The van der Waals surface area contributed by atoms with Crippen LogP contribution < -0.4 is 0 Å². The monoisotopic (exact) mass is 263 g/mol. The predicted octanol–water partition coefficient (Wildman–Crippen LogP) is 2.39. The molecule has 2 aliphatic carbocycles. The molecule has 0 fully saturated rings. The Bertz CT molecular complexity index is 359. The Morgan fingerprint density at radius 2 is 2.21 bits per heavy atom. The molecule has 2 aliphatic rings. The quantitative estimate of drug-likeness (QED) is 0.830. The van der Waals surface area contributed by atoms with Gasteiger partial charge in [0.2, 0.25) is 0 Å². The van der Waals surface area contributed by atoms with Crippen molar-refractivity contribution in [3.63, 3.8) is 0 Å². The van der Waals surface area contributed by atoms with Crippen LogP contribution in [-0.2, 0) is 24.7 Å². The first-order valence-electron chi connectivity index (χ1n) is 4.94. The van der Waals surface area contributed by atoms with E-state index in [4.69, 9.17) is 5.11 Å². The SMILES string of the molecule is OCCC1=[C]([Zr])CC=C1C1=CC=CC1. The maximum atomic E-state index is 9.02. The zero-order chi connectivity index (χ0) is 9.97. The normalized spacial score (nSPS) is 20.3. The van der Waals surface area contributed by atoms with Gasteiger partial charge in [0.15, 0.2) is 0 Å². The fraction of sp³-hybridized carbons (Fsp3) is 0.333. The van der Waals surface area contributed by atoms with E-state index in [0.29, 0.717) is 0 Å². The number of aliphatic hydroxyl groups excluding tert-OH is 1. The Morgan fingerprint density at radius 3 is 2.86 bits per heavy atom. The number of aliphatic hydroxyl groups is 1. The molecule has 0 amide bonds. The van der Waals surface area contributed by atoms with Crippen molar-refractivity contribution in [3.8, 4) is 0 Å². The van der Waals surface area contributed by atoms with Gasteiger partial charge in [-0.2, -0.15) is 0 Å². The third-order valence-corrected chi connectivity index (χ3v) is 3.92. The average Bonchev–Trinajstić information content (AvgIpc) is 2.77. The van der Waals surface area contributed by atoms with Gasteiger partial charge in [-0.1, -0.05) is 0 Å². The molecular formula is C12H13OZr. The second-order valence-electron chi connectivity index (χ2n) is 3.58. The first-order valence-corrected chi connectivity index (χ1v) is 6.17. The van der Waals surface area contributed by atoms with Gasteiger partial charge < -0.3 is 0 Å². The standard InChI is InChI=1S/C12H13O.Zr/c13-9-8-11-6-3-7-12(11)10-4-1-2-5-10;/h1-2,4,7,13H,3,5,8-9H2;. The zero-order valence-corrected chi connectivity index (χ0v) is 10.5. The number of hydrogen-bond donors (Lipinski definition) is 1. The van der Waals surface area contributed by atoms with E-state index in [9.17, 15) is 0 Å². The van der Waals surface area contributed by atoms with Gasteiger partial charge in [0, 0.05) is 0 Å². The summed E-state index contributed by atoms with van der Waals surface area (Å²) in [5, 5.41) is 9.02. The van der Waals surface area contributed by atoms with E-state index < -0.39 is 0 Å². The number of hydrogen-bond acceptors (Lipinski definition) is 1. The van der Waals surface area contributed by atoms with Gasteiger partial charge in [-0.3, -0.25) is 0 Å². The Morgan fingerprint density at radius 1 is 1.36 bits per heavy atom. The topological polar surface area (TPSA) is 20.2 Å². The fourth-order valence-electron chi connectivity index (χ4n) is 1.98. The minimum absolute atomic E-state index is 0.269.